The van der Waals surface area contributed by atoms with Gasteiger partial charge >= 0.3 is 5.97 Å². The van der Waals surface area contributed by atoms with Crippen LogP contribution >= 0.6 is 0 Å². The lowest BCUT2D eigenvalue weighted by Gasteiger charge is -1.94. The lowest BCUT2D eigenvalue weighted by Crippen LogP contribution is -1.85. The van der Waals surface area contributed by atoms with Crippen LogP contribution < -0.4 is 0 Å². The highest BCUT2D eigenvalue weighted by Crippen LogP contribution is 2.19. The van der Waals surface area contributed by atoms with Crippen LogP contribution in [0.5, 0.6) is 0 Å². The van der Waals surface area contributed by atoms with Gasteiger partial charge < -0.3 is 10.1 Å². The number of carbonyl (C=O) groups is 2. The largest absolute Gasteiger partial charge is 0.478 e. The third-order valence-corrected chi connectivity index (χ3v) is 2.28. The molecule has 2 N–H and O–H groups in total. The monoisotopic (exact) mass is 215 g/mol. The third-order valence-electron chi connectivity index (χ3n) is 2.28. The van der Waals surface area contributed by atoms with E-state index in [0.717, 1.165) is 28.8 Å². The molecule has 2 aromatic rings. The molecule has 1 aromatic heterocycles. The van der Waals surface area contributed by atoms with Crippen LogP contribution in [0.15, 0.2) is 30.5 Å². The second-order valence-corrected chi connectivity index (χ2v) is 3.34. The number of benzene rings is 1. The normalized spacial score (nSPS) is 11.0. The van der Waals surface area contributed by atoms with E-state index >= 15 is 0 Å². The van der Waals surface area contributed by atoms with Crippen molar-refractivity contribution in [2.45, 2.75) is 0 Å². The van der Waals surface area contributed by atoms with Crippen LogP contribution in [0.4, 0.5) is 0 Å². The Kier molecular flexibility index (Phi) is 2.55. The molecule has 2 rings (SSSR count). The van der Waals surface area contributed by atoms with Crippen LogP contribution in [-0.2, 0) is 4.79 Å². The summed E-state index contributed by atoms with van der Waals surface area (Å²) in [4.78, 5) is 24.0. The number of aldehydes is 1. The Morgan fingerprint density at radius 1 is 1.38 bits per heavy atom. The van der Waals surface area contributed by atoms with Crippen LogP contribution in [0.25, 0.3) is 17.0 Å². The first-order valence-corrected chi connectivity index (χ1v) is 4.68. The van der Waals surface area contributed by atoms with Gasteiger partial charge in [0.2, 0.25) is 0 Å². The van der Waals surface area contributed by atoms with Crippen molar-refractivity contribution < 1.29 is 14.7 Å². The minimum absolute atomic E-state index is 0.570. The van der Waals surface area contributed by atoms with Crippen molar-refractivity contribution in [2.24, 2.45) is 0 Å². The Morgan fingerprint density at radius 3 is 2.88 bits per heavy atom. The summed E-state index contributed by atoms with van der Waals surface area (Å²) in [6.07, 6.45) is 4.95. The first kappa shape index (κ1) is 10.2. The van der Waals surface area contributed by atoms with Crippen LogP contribution in [0.3, 0.4) is 0 Å². The highest BCUT2D eigenvalue weighted by atomic mass is 16.4. The number of aromatic nitrogens is 1. The van der Waals surface area contributed by atoms with E-state index in [2.05, 4.69) is 4.98 Å². The zero-order valence-corrected chi connectivity index (χ0v) is 8.31. The summed E-state index contributed by atoms with van der Waals surface area (Å²) >= 11 is 0. The van der Waals surface area contributed by atoms with Gasteiger partial charge in [0.1, 0.15) is 0 Å². The summed E-state index contributed by atoms with van der Waals surface area (Å²) in [5, 5.41) is 9.29. The van der Waals surface area contributed by atoms with Crippen molar-refractivity contribution in [3.05, 3.63) is 41.6 Å². The average molecular weight is 215 g/mol. The SMILES string of the molecule is O=Cc1c[nH]c2ccc(C=CC(=O)O)cc12. The molecule has 4 heteroatoms. The number of H-pyrrole nitrogens is 1. The molecule has 0 amide bonds. The maximum Gasteiger partial charge on any atom is 0.328 e. The summed E-state index contributed by atoms with van der Waals surface area (Å²) < 4.78 is 0. The van der Waals surface area contributed by atoms with Gasteiger partial charge in [-0.25, -0.2) is 4.79 Å². The van der Waals surface area contributed by atoms with Crippen LogP contribution in [0.2, 0.25) is 0 Å². The Balaban J connectivity index is 2.49. The number of aliphatic carboxylic acids is 1. The molecule has 80 valence electrons. The number of fused-ring (bicyclic) bond motifs is 1. The zero-order valence-electron chi connectivity index (χ0n) is 8.31. The molecule has 1 heterocycles. The van der Waals surface area contributed by atoms with Gasteiger partial charge in [0.05, 0.1) is 0 Å². The Hall–Kier alpha value is -2.36. The predicted octanol–water partition coefficient (Wildman–Crippen LogP) is 2.08. The maximum atomic E-state index is 10.7. The standard InChI is InChI=1S/C12H9NO3/c14-7-9-6-13-11-3-1-8(5-10(9)11)2-4-12(15)16/h1-7,13H,(H,15,16). The van der Waals surface area contributed by atoms with Gasteiger partial charge in [-0.1, -0.05) is 6.07 Å². The molecular weight excluding hydrogens is 206 g/mol. The van der Waals surface area contributed by atoms with Crippen molar-refractivity contribution >= 4 is 29.2 Å². The van der Waals surface area contributed by atoms with E-state index in [4.69, 9.17) is 5.11 Å². The number of carbonyl (C=O) groups excluding carboxylic acids is 1. The number of carboxylic acid groups (broad SMARTS) is 1. The van der Waals surface area contributed by atoms with Gasteiger partial charge in [-0.2, -0.15) is 0 Å². The maximum absolute atomic E-state index is 10.7. The smallest absolute Gasteiger partial charge is 0.328 e. The van der Waals surface area contributed by atoms with Crippen LogP contribution in [-0.4, -0.2) is 22.3 Å². The third kappa shape index (κ3) is 1.86. The molecule has 0 saturated carbocycles. The molecule has 0 aliphatic heterocycles. The molecule has 0 fully saturated rings. The van der Waals surface area contributed by atoms with Gasteiger partial charge in [-0.05, 0) is 23.8 Å². The van der Waals surface area contributed by atoms with Crippen LogP contribution in [0.1, 0.15) is 15.9 Å². The molecule has 0 aliphatic carbocycles. The molecule has 16 heavy (non-hydrogen) atoms. The van der Waals surface area contributed by atoms with Crippen molar-refractivity contribution in [3.63, 3.8) is 0 Å². The highest BCUT2D eigenvalue weighted by molar-refractivity contribution is 5.98. The van der Waals surface area contributed by atoms with Gasteiger partial charge in [-0.3, -0.25) is 4.79 Å². The molecule has 0 unspecified atom stereocenters. The Bertz CT molecular complexity index is 581. The van der Waals surface area contributed by atoms with Gasteiger partial charge in [0.15, 0.2) is 6.29 Å². The van der Waals surface area contributed by atoms with E-state index in [-0.39, 0.29) is 0 Å². The Morgan fingerprint density at radius 2 is 2.19 bits per heavy atom. The lowest BCUT2D eigenvalue weighted by atomic mass is 10.1. The second-order valence-electron chi connectivity index (χ2n) is 3.34. The minimum Gasteiger partial charge on any atom is -0.478 e. The molecule has 1 aromatic carbocycles. The number of hydrogen-bond acceptors (Lipinski definition) is 2. The van der Waals surface area contributed by atoms with Gasteiger partial charge in [0.25, 0.3) is 0 Å². The fourth-order valence-electron chi connectivity index (χ4n) is 1.53. The van der Waals surface area contributed by atoms with E-state index < -0.39 is 5.97 Å². The summed E-state index contributed by atoms with van der Waals surface area (Å²) in [6.45, 7) is 0. The molecule has 0 bridgehead atoms. The van der Waals surface area contributed by atoms with E-state index in [0.29, 0.717) is 5.56 Å². The summed E-state index contributed by atoms with van der Waals surface area (Å²) in [5.41, 5.74) is 2.17. The lowest BCUT2D eigenvalue weighted by molar-refractivity contribution is -0.131. The summed E-state index contributed by atoms with van der Waals surface area (Å²) in [6, 6.07) is 5.37. The topological polar surface area (TPSA) is 70.2 Å². The minimum atomic E-state index is -0.996. The zero-order chi connectivity index (χ0) is 11.5. The number of carboxylic acids is 1. The first-order chi connectivity index (χ1) is 7.70. The van der Waals surface area contributed by atoms with Crippen molar-refractivity contribution in [1.29, 1.82) is 0 Å². The van der Waals surface area contributed by atoms with Gasteiger partial charge in [0, 0.05) is 28.7 Å². The highest BCUT2D eigenvalue weighted by Gasteiger charge is 2.02. The predicted molar refractivity (Wildman–Crippen MR) is 60.4 cm³/mol. The number of rotatable bonds is 3. The summed E-state index contributed by atoms with van der Waals surface area (Å²) in [5.74, 6) is -0.996. The Labute approximate surface area is 91.2 Å². The molecule has 0 saturated heterocycles. The molecule has 0 aliphatic rings. The molecule has 0 spiro atoms. The fourth-order valence-corrected chi connectivity index (χ4v) is 1.53. The second kappa shape index (κ2) is 4.02. The number of aromatic amines is 1. The van der Waals surface area contributed by atoms with Crippen molar-refractivity contribution in [2.75, 3.05) is 0 Å². The fraction of sp³-hybridized carbons (Fsp3) is 0. The molecule has 0 atom stereocenters. The van der Waals surface area contributed by atoms with E-state index in [1.807, 2.05) is 6.07 Å². The molecule has 0 radical (unpaired) electrons. The number of nitrogens with one attached hydrogen (secondary N) is 1. The van der Waals surface area contributed by atoms with Crippen molar-refractivity contribution in [3.8, 4) is 0 Å². The van der Waals surface area contributed by atoms with Crippen molar-refractivity contribution in [1.82, 2.24) is 4.98 Å². The van der Waals surface area contributed by atoms with E-state index in [1.165, 1.54) is 6.08 Å². The summed E-state index contributed by atoms with van der Waals surface area (Å²) in [7, 11) is 0. The van der Waals surface area contributed by atoms with E-state index in [1.54, 1.807) is 18.3 Å². The quantitative estimate of drug-likeness (QED) is 0.608. The van der Waals surface area contributed by atoms with E-state index in [9.17, 15) is 9.59 Å². The molecule has 4 nitrogen and oxygen atoms in total. The number of hydrogen-bond donors (Lipinski definition) is 2. The van der Waals surface area contributed by atoms with Gasteiger partial charge in [-0.15, -0.1) is 0 Å². The average Bonchev–Trinajstić information content (AvgIpc) is 2.68. The molecular formula is C12H9NO3. The first-order valence-electron chi connectivity index (χ1n) is 4.68. The van der Waals surface area contributed by atoms with Crippen LogP contribution in [0, 0.1) is 0 Å².